The number of halogens is 1. The standard InChI is InChI=1S/C20H20FNO5S/c21-18-9-5-4-8-17(18)20(24)27-13-19(23)22(12-15-6-2-1-3-7-15)16-10-11-28(25,26)14-16/h1-9,16H,10-14H2/t16-/m1/s1. The molecule has 1 aliphatic rings. The van der Waals surface area contributed by atoms with Crippen molar-refractivity contribution in [2.45, 2.75) is 19.0 Å². The number of carbonyl (C=O) groups excluding carboxylic acids is 2. The Labute approximate surface area is 162 Å². The van der Waals surface area contributed by atoms with Crippen molar-refractivity contribution >= 4 is 21.7 Å². The van der Waals surface area contributed by atoms with Gasteiger partial charge in [-0.05, 0) is 24.1 Å². The third-order valence-corrected chi connectivity index (χ3v) is 6.34. The minimum atomic E-state index is -3.20. The number of esters is 1. The van der Waals surface area contributed by atoms with Gasteiger partial charge in [0.05, 0.1) is 17.1 Å². The van der Waals surface area contributed by atoms with E-state index in [0.29, 0.717) is 6.42 Å². The van der Waals surface area contributed by atoms with E-state index < -0.39 is 40.2 Å². The first-order chi connectivity index (χ1) is 13.4. The number of rotatable bonds is 6. The van der Waals surface area contributed by atoms with Crippen LogP contribution in [-0.4, -0.2) is 49.3 Å². The average Bonchev–Trinajstić information content (AvgIpc) is 3.04. The summed E-state index contributed by atoms with van der Waals surface area (Å²) in [6.45, 7) is -0.381. The molecule has 0 saturated carbocycles. The lowest BCUT2D eigenvalue weighted by Gasteiger charge is -2.28. The lowest BCUT2D eigenvalue weighted by atomic mass is 10.1. The van der Waals surface area contributed by atoms with E-state index in [1.165, 1.54) is 23.1 Å². The second kappa shape index (κ2) is 8.52. The maximum atomic E-state index is 13.7. The van der Waals surface area contributed by atoms with E-state index in [1.807, 2.05) is 30.3 Å². The van der Waals surface area contributed by atoms with Crippen LogP contribution < -0.4 is 0 Å². The average molecular weight is 405 g/mol. The van der Waals surface area contributed by atoms with Crippen LogP contribution in [0.25, 0.3) is 0 Å². The van der Waals surface area contributed by atoms with Crippen LogP contribution in [0.5, 0.6) is 0 Å². The van der Waals surface area contributed by atoms with Gasteiger partial charge in [-0.15, -0.1) is 0 Å². The number of hydrogen-bond donors (Lipinski definition) is 0. The third-order valence-electron chi connectivity index (χ3n) is 4.59. The Bertz CT molecular complexity index is 962. The number of ether oxygens (including phenoxy) is 1. The van der Waals surface area contributed by atoms with Gasteiger partial charge in [0.2, 0.25) is 0 Å². The molecule has 0 aliphatic carbocycles. The molecule has 0 aromatic heterocycles. The van der Waals surface area contributed by atoms with Crippen LogP contribution >= 0.6 is 0 Å². The lowest BCUT2D eigenvalue weighted by Crippen LogP contribution is -2.42. The van der Waals surface area contributed by atoms with E-state index in [1.54, 1.807) is 0 Å². The molecule has 0 radical (unpaired) electrons. The maximum Gasteiger partial charge on any atom is 0.341 e. The zero-order valence-corrected chi connectivity index (χ0v) is 15.9. The van der Waals surface area contributed by atoms with Crippen molar-refractivity contribution < 1.29 is 27.1 Å². The predicted octanol–water partition coefficient (Wildman–Crippen LogP) is 2.20. The van der Waals surface area contributed by atoms with Crippen molar-refractivity contribution in [3.05, 3.63) is 71.5 Å². The fourth-order valence-electron chi connectivity index (χ4n) is 3.14. The molecule has 1 heterocycles. The van der Waals surface area contributed by atoms with Crippen LogP contribution in [0.15, 0.2) is 54.6 Å². The molecule has 0 bridgehead atoms. The Balaban J connectivity index is 1.71. The van der Waals surface area contributed by atoms with Crippen molar-refractivity contribution in [1.29, 1.82) is 0 Å². The molecule has 0 N–H and O–H groups in total. The number of benzene rings is 2. The number of sulfone groups is 1. The van der Waals surface area contributed by atoms with Crippen LogP contribution in [0.1, 0.15) is 22.3 Å². The van der Waals surface area contributed by atoms with Gasteiger partial charge in [0.1, 0.15) is 5.82 Å². The van der Waals surface area contributed by atoms with Gasteiger partial charge in [-0.2, -0.15) is 0 Å². The highest BCUT2D eigenvalue weighted by Crippen LogP contribution is 2.20. The Morgan fingerprint density at radius 1 is 1.07 bits per heavy atom. The summed E-state index contributed by atoms with van der Waals surface area (Å²) in [6, 6.07) is 14.0. The predicted molar refractivity (Wildman–Crippen MR) is 101 cm³/mol. The zero-order chi connectivity index (χ0) is 20.1. The van der Waals surface area contributed by atoms with Crippen LogP contribution in [0, 0.1) is 5.82 Å². The summed E-state index contributed by atoms with van der Waals surface area (Å²) in [5.74, 6) is -2.29. The molecule has 2 aromatic carbocycles. The van der Waals surface area contributed by atoms with Crippen molar-refractivity contribution in [2.24, 2.45) is 0 Å². The van der Waals surface area contributed by atoms with E-state index in [2.05, 4.69) is 0 Å². The fraction of sp³-hybridized carbons (Fsp3) is 0.300. The summed E-state index contributed by atoms with van der Waals surface area (Å²) in [4.78, 5) is 26.2. The number of amides is 1. The van der Waals surface area contributed by atoms with Crippen molar-refractivity contribution in [1.82, 2.24) is 4.90 Å². The quantitative estimate of drug-likeness (QED) is 0.689. The van der Waals surface area contributed by atoms with E-state index in [9.17, 15) is 22.4 Å². The van der Waals surface area contributed by atoms with E-state index in [4.69, 9.17) is 4.74 Å². The van der Waals surface area contributed by atoms with Crippen molar-refractivity contribution in [2.75, 3.05) is 18.1 Å². The third kappa shape index (κ3) is 4.95. The highest BCUT2D eigenvalue weighted by atomic mass is 32.2. The summed E-state index contributed by atoms with van der Waals surface area (Å²) >= 11 is 0. The smallest absolute Gasteiger partial charge is 0.341 e. The van der Waals surface area contributed by atoms with Crippen LogP contribution in [-0.2, 0) is 25.9 Å². The molecular formula is C20H20FNO5S. The molecular weight excluding hydrogens is 385 g/mol. The highest BCUT2D eigenvalue weighted by Gasteiger charge is 2.35. The lowest BCUT2D eigenvalue weighted by molar-refractivity contribution is -0.137. The Hall–Kier alpha value is -2.74. The minimum Gasteiger partial charge on any atom is -0.452 e. The topological polar surface area (TPSA) is 80.8 Å². The van der Waals surface area contributed by atoms with Crippen LogP contribution in [0.3, 0.4) is 0 Å². The monoisotopic (exact) mass is 405 g/mol. The largest absolute Gasteiger partial charge is 0.452 e. The second-order valence-electron chi connectivity index (χ2n) is 6.62. The number of carbonyl (C=O) groups is 2. The summed E-state index contributed by atoms with van der Waals surface area (Å²) in [5, 5.41) is 0. The van der Waals surface area contributed by atoms with E-state index >= 15 is 0 Å². The molecule has 28 heavy (non-hydrogen) atoms. The molecule has 6 nitrogen and oxygen atoms in total. The van der Waals surface area contributed by atoms with Gasteiger partial charge < -0.3 is 9.64 Å². The molecule has 148 valence electrons. The van der Waals surface area contributed by atoms with E-state index in [-0.39, 0.29) is 23.6 Å². The molecule has 1 fully saturated rings. The SMILES string of the molecule is O=C(OCC(=O)N(Cc1ccccc1)[C@@H]1CCS(=O)(=O)C1)c1ccccc1F. The molecule has 8 heteroatoms. The van der Waals surface area contributed by atoms with E-state index in [0.717, 1.165) is 11.6 Å². The Kier molecular flexibility index (Phi) is 6.08. The first kappa shape index (κ1) is 20.0. The van der Waals surface area contributed by atoms with Gasteiger partial charge in [0.25, 0.3) is 5.91 Å². The normalized spacial score (nSPS) is 17.8. The number of hydrogen-bond acceptors (Lipinski definition) is 5. The van der Waals surface area contributed by atoms with Crippen LogP contribution in [0.2, 0.25) is 0 Å². The minimum absolute atomic E-state index is 0.0191. The molecule has 2 aromatic rings. The van der Waals surface area contributed by atoms with Gasteiger partial charge in [0, 0.05) is 12.6 Å². The van der Waals surface area contributed by atoms with Gasteiger partial charge in [-0.25, -0.2) is 17.6 Å². The molecule has 0 unspecified atom stereocenters. The fourth-order valence-corrected chi connectivity index (χ4v) is 4.87. The Morgan fingerprint density at radius 2 is 1.75 bits per heavy atom. The summed E-state index contributed by atoms with van der Waals surface area (Å²) in [7, 11) is -3.20. The highest BCUT2D eigenvalue weighted by molar-refractivity contribution is 7.91. The first-order valence-electron chi connectivity index (χ1n) is 8.81. The molecule has 1 aliphatic heterocycles. The van der Waals surface area contributed by atoms with Gasteiger partial charge in [-0.3, -0.25) is 4.79 Å². The molecule has 1 amide bonds. The summed E-state index contributed by atoms with van der Waals surface area (Å²) in [5.41, 5.74) is 0.578. The maximum absolute atomic E-state index is 13.7. The molecule has 1 atom stereocenters. The van der Waals surface area contributed by atoms with Crippen molar-refractivity contribution in [3.63, 3.8) is 0 Å². The first-order valence-corrected chi connectivity index (χ1v) is 10.6. The van der Waals surface area contributed by atoms with Gasteiger partial charge >= 0.3 is 5.97 Å². The zero-order valence-electron chi connectivity index (χ0n) is 15.1. The summed E-state index contributed by atoms with van der Waals surface area (Å²) in [6.07, 6.45) is 0.335. The molecule has 1 saturated heterocycles. The van der Waals surface area contributed by atoms with Crippen LogP contribution in [0.4, 0.5) is 4.39 Å². The Morgan fingerprint density at radius 3 is 2.39 bits per heavy atom. The van der Waals surface area contributed by atoms with Crippen molar-refractivity contribution in [3.8, 4) is 0 Å². The van der Waals surface area contributed by atoms with Gasteiger partial charge in [0.15, 0.2) is 16.4 Å². The molecule has 3 rings (SSSR count). The molecule has 0 spiro atoms. The summed E-state index contributed by atoms with van der Waals surface area (Å²) < 4.78 is 42.3. The second-order valence-corrected chi connectivity index (χ2v) is 8.85. The number of nitrogens with zero attached hydrogens (tertiary/aromatic N) is 1. The van der Waals surface area contributed by atoms with Gasteiger partial charge in [-0.1, -0.05) is 42.5 Å².